The lowest BCUT2D eigenvalue weighted by atomic mass is 10.2. The van der Waals surface area contributed by atoms with Gasteiger partial charge in [-0.1, -0.05) is 11.6 Å². The average molecular weight is 349 g/mol. The third-order valence-electron chi connectivity index (χ3n) is 3.20. The number of hydrogen-bond donors (Lipinski definition) is 0. The highest BCUT2D eigenvalue weighted by Crippen LogP contribution is 2.22. The van der Waals surface area contributed by atoms with Crippen LogP contribution in [0.4, 0.5) is 5.69 Å². The van der Waals surface area contributed by atoms with Crippen LogP contribution >= 0.6 is 11.6 Å². The van der Waals surface area contributed by atoms with Crippen LogP contribution in [0, 0.1) is 0 Å². The largest absolute Gasteiger partial charge is 0.497 e. The summed E-state index contributed by atoms with van der Waals surface area (Å²) in [7, 11) is 1.55. The van der Waals surface area contributed by atoms with Crippen LogP contribution in [-0.2, 0) is 9.53 Å². The van der Waals surface area contributed by atoms with Crippen molar-refractivity contribution in [1.82, 2.24) is 4.98 Å². The summed E-state index contributed by atoms with van der Waals surface area (Å²) in [6, 6.07) is 9.79. The fraction of sp³-hybridized carbons (Fsp3) is 0.235. The van der Waals surface area contributed by atoms with Gasteiger partial charge in [0, 0.05) is 17.4 Å². The number of esters is 1. The highest BCUT2D eigenvalue weighted by Gasteiger charge is 2.22. The lowest BCUT2D eigenvalue weighted by Gasteiger charge is -2.22. The van der Waals surface area contributed by atoms with Gasteiger partial charge in [0.15, 0.2) is 0 Å². The number of pyridine rings is 1. The Morgan fingerprint density at radius 3 is 2.50 bits per heavy atom. The molecule has 1 amide bonds. The Balaban J connectivity index is 2.33. The molecule has 0 aliphatic heterocycles. The Morgan fingerprint density at radius 1 is 1.21 bits per heavy atom. The minimum absolute atomic E-state index is 0.201. The quantitative estimate of drug-likeness (QED) is 0.593. The van der Waals surface area contributed by atoms with Gasteiger partial charge in [0.2, 0.25) is 0 Å². The van der Waals surface area contributed by atoms with Gasteiger partial charge in [0.1, 0.15) is 17.4 Å². The number of benzene rings is 1. The number of rotatable bonds is 6. The van der Waals surface area contributed by atoms with Gasteiger partial charge in [-0.3, -0.25) is 14.5 Å². The minimum atomic E-state index is -0.498. The van der Waals surface area contributed by atoms with Gasteiger partial charge in [-0.2, -0.15) is 0 Å². The second-order valence-electron chi connectivity index (χ2n) is 4.76. The Hall–Kier alpha value is -2.60. The first-order valence-corrected chi connectivity index (χ1v) is 7.66. The number of amides is 1. The second kappa shape index (κ2) is 8.31. The van der Waals surface area contributed by atoms with E-state index in [0.717, 1.165) is 0 Å². The monoisotopic (exact) mass is 348 g/mol. The highest BCUT2D eigenvalue weighted by atomic mass is 35.5. The van der Waals surface area contributed by atoms with Crippen LogP contribution in [0.15, 0.2) is 42.6 Å². The molecule has 0 aliphatic carbocycles. The second-order valence-corrected chi connectivity index (χ2v) is 5.15. The van der Waals surface area contributed by atoms with Crippen LogP contribution < -0.4 is 9.64 Å². The van der Waals surface area contributed by atoms with Crippen molar-refractivity contribution < 1.29 is 19.1 Å². The third kappa shape index (κ3) is 4.45. The number of carbonyl (C=O) groups excluding carboxylic acids is 2. The molecule has 2 rings (SSSR count). The van der Waals surface area contributed by atoms with Crippen molar-refractivity contribution in [3.05, 3.63) is 53.3 Å². The molecule has 0 aliphatic rings. The third-order valence-corrected chi connectivity index (χ3v) is 3.40. The maximum atomic E-state index is 12.8. The molecule has 0 spiro atoms. The van der Waals surface area contributed by atoms with Crippen LogP contribution in [0.1, 0.15) is 17.3 Å². The van der Waals surface area contributed by atoms with E-state index in [-0.39, 0.29) is 24.2 Å². The van der Waals surface area contributed by atoms with E-state index < -0.39 is 5.97 Å². The van der Waals surface area contributed by atoms with Crippen molar-refractivity contribution in [1.29, 1.82) is 0 Å². The predicted molar refractivity (Wildman–Crippen MR) is 90.6 cm³/mol. The number of nitrogens with zero attached hydrogens (tertiary/aromatic N) is 2. The Kier molecular flexibility index (Phi) is 6.14. The first kappa shape index (κ1) is 17.7. The van der Waals surface area contributed by atoms with E-state index in [1.54, 1.807) is 38.3 Å². The number of carbonyl (C=O) groups is 2. The van der Waals surface area contributed by atoms with Gasteiger partial charge in [-0.25, -0.2) is 4.98 Å². The van der Waals surface area contributed by atoms with Crippen molar-refractivity contribution in [3.8, 4) is 5.75 Å². The van der Waals surface area contributed by atoms with Crippen LogP contribution in [0.3, 0.4) is 0 Å². The van der Waals surface area contributed by atoms with E-state index in [9.17, 15) is 9.59 Å². The number of hydrogen-bond acceptors (Lipinski definition) is 5. The molecular weight excluding hydrogens is 332 g/mol. The molecule has 0 radical (unpaired) electrons. The van der Waals surface area contributed by atoms with Crippen LogP contribution in [0.2, 0.25) is 5.15 Å². The van der Waals surface area contributed by atoms with Crippen molar-refractivity contribution in [2.75, 3.05) is 25.2 Å². The van der Waals surface area contributed by atoms with Gasteiger partial charge in [-0.05, 0) is 43.3 Å². The molecule has 0 N–H and O–H groups in total. The highest BCUT2D eigenvalue weighted by molar-refractivity contribution is 6.29. The summed E-state index contributed by atoms with van der Waals surface area (Å²) >= 11 is 5.84. The molecule has 0 saturated carbocycles. The zero-order valence-electron chi connectivity index (χ0n) is 13.4. The molecule has 24 heavy (non-hydrogen) atoms. The van der Waals surface area contributed by atoms with Crippen molar-refractivity contribution in [2.45, 2.75) is 6.92 Å². The fourth-order valence-corrected chi connectivity index (χ4v) is 2.24. The molecule has 1 aromatic carbocycles. The van der Waals surface area contributed by atoms with Crippen molar-refractivity contribution in [3.63, 3.8) is 0 Å². The number of ether oxygens (including phenoxy) is 2. The minimum Gasteiger partial charge on any atom is -0.497 e. The summed E-state index contributed by atoms with van der Waals surface area (Å²) in [5.74, 6) is -0.228. The fourth-order valence-electron chi connectivity index (χ4n) is 2.07. The molecule has 1 heterocycles. The molecule has 0 bridgehead atoms. The number of aromatic nitrogens is 1. The predicted octanol–water partition coefficient (Wildman–Crippen LogP) is 2.95. The average Bonchev–Trinajstić information content (AvgIpc) is 2.59. The van der Waals surface area contributed by atoms with Crippen LogP contribution in [-0.4, -0.2) is 37.1 Å². The van der Waals surface area contributed by atoms with E-state index in [4.69, 9.17) is 21.1 Å². The SMILES string of the molecule is CCOC(=O)CN(C(=O)c1ccnc(Cl)c1)c1ccc(OC)cc1. The summed E-state index contributed by atoms with van der Waals surface area (Å²) in [6.45, 7) is 1.74. The molecule has 0 unspecified atom stereocenters. The Morgan fingerprint density at radius 2 is 1.92 bits per heavy atom. The number of methoxy groups -OCH3 is 1. The van der Waals surface area contributed by atoms with E-state index in [1.807, 2.05) is 0 Å². The summed E-state index contributed by atoms with van der Waals surface area (Å²) < 4.78 is 10.1. The first-order chi connectivity index (χ1) is 11.5. The molecular formula is C17H17ClN2O4. The maximum absolute atomic E-state index is 12.8. The Bertz CT molecular complexity index is 719. The number of halogens is 1. The smallest absolute Gasteiger partial charge is 0.326 e. The summed E-state index contributed by atoms with van der Waals surface area (Å²) in [4.78, 5) is 29.8. The van der Waals surface area contributed by atoms with Crippen LogP contribution in [0.25, 0.3) is 0 Å². The van der Waals surface area contributed by atoms with Gasteiger partial charge in [-0.15, -0.1) is 0 Å². The molecule has 6 nitrogen and oxygen atoms in total. The first-order valence-electron chi connectivity index (χ1n) is 7.28. The lowest BCUT2D eigenvalue weighted by molar-refractivity contribution is -0.141. The van der Waals surface area contributed by atoms with E-state index in [1.165, 1.54) is 23.2 Å². The molecule has 2 aromatic rings. The summed E-state index contributed by atoms with van der Waals surface area (Å²) in [6.07, 6.45) is 1.44. The van der Waals surface area contributed by atoms with Crippen molar-refractivity contribution in [2.24, 2.45) is 0 Å². The topological polar surface area (TPSA) is 68.7 Å². The zero-order chi connectivity index (χ0) is 17.5. The Labute approximate surface area is 145 Å². The van der Waals surface area contributed by atoms with E-state index in [2.05, 4.69) is 4.98 Å². The maximum Gasteiger partial charge on any atom is 0.326 e. The molecule has 126 valence electrons. The van der Waals surface area contributed by atoms with Gasteiger partial charge >= 0.3 is 5.97 Å². The zero-order valence-corrected chi connectivity index (χ0v) is 14.1. The molecule has 1 aromatic heterocycles. The van der Waals surface area contributed by atoms with Gasteiger partial charge in [0.25, 0.3) is 5.91 Å². The van der Waals surface area contributed by atoms with Crippen molar-refractivity contribution >= 4 is 29.2 Å². The summed E-state index contributed by atoms with van der Waals surface area (Å²) in [5, 5.41) is 0.201. The van der Waals surface area contributed by atoms with Gasteiger partial charge < -0.3 is 9.47 Å². The van der Waals surface area contributed by atoms with Gasteiger partial charge in [0.05, 0.1) is 13.7 Å². The van der Waals surface area contributed by atoms with Crippen LogP contribution in [0.5, 0.6) is 5.75 Å². The number of anilines is 1. The lowest BCUT2D eigenvalue weighted by Crippen LogP contribution is -2.36. The normalized spacial score (nSPS) is 10.1. The summed E-state index contributed by atoms with van der Waals surface area (Å²) in [5.41, 5.74) is 0.872. The molecule has 0 fully saturated rings. The molecule has 0 saturated heterocycles. The molecule has 0 atom stereocenters. The standard InChI is InChI=1S/C17H17ClN2O4/c1-3-24-16(21)11-20(13-4-6-14(23-2)7-5-13)17(22)12-8-9-19-15(18)10-12/h4-10H,3,11H2,1-2H3. The molecule has 7 heteroatoms. The van der Waals surface area contributed by atoms with E-state index >= 15 is 0 Å². The van der Waals surface area contributed by atoms with E-state index in [0.29, 0.717) is 17.0 Å².